The van der Waals surface area contributed by atoms with Crippen LogP contribution in [0.3, 0.4) is 0 Å². The zero-order valence-corrected chi connectivity index (χ0v) is 11.8. The van der Waals surface area contributed by atoms with Crippen LogP contribution in [-0.2, 0) is 23.8 Å². The predicted molar refractivity (Wildman–Crippen MR) is 71.3 cm³/mol. The van der Waals surface area contributed by atoms with Crippen molar-refractivity contribution >= 4 is 11.9 Å². The van der Waals surface area contributed by atoms with Gasteiger partial charge in [0.25, 0.3) is 0 Å². The van der Waals surface area contributed by atoms with Gasteiger partial charge in [-0.3, -0.25) is 0 Å². The first-order valence-corrected chi connectivity index (χ1v) is 6.38. The lowest BCUT2D eigenvalue weighted by atomic mass is 10.1. The number of carboxylic acids is 1. The second kappa shape index (κ2) is 7.81. The summed E-state index contributed by atoms with van der Waals surface area (Å²) in [4.78, 5) is 21.1. The molecule has 6 heteroatoms. The van der Waals surface area contributed by atoms with Crippen molar-refractivity contribution in [2.75, 3.05) is 19.8 Å². The van der Waals surface area contributed by atoms with Gasteiger partial charge in [0.2, 0.25) is 0 Å². The number of esters is 1. The molecule has 2 rings (SSSR count). The van der Waals surface area contributed by atoms with Crippen molar-refractivity contribution in [2.45, 2.75) is 32.5 Å². The third-order valence-corrected chi connectivity index (χ3v) is 2.62. The summed E-state index contributed by atoms with van der Waals surface area (Å²) in [7, 11) is 0. The third kappa shape index (κ3) is 7.06. The van der Waals surface area contributed by atoms with E-state index in [1.54, 1.807) is 19.9 Å². The molecule has 0 spiro atoms. The van der Waals surface area contributed by atoms with Crippen molar-refractivity contribution < 1.29 is 28.9 Å². The molecule has 0 amide bonds. The van der Waals surface area contributed by atoms with E-state index < -0.39 is 5.97 Å². The molecule has 0 bridgehead atoms. The van der Waals surface area contributed by atoms with Crippen molar-refractivity contribution in [2.24, 2.45) is 0 Å². The largest absolute Gasteiger partial charge is 0.478 e. The van der Waals surface area contributed by atoms with Crippen LogP contribution in [0.1, 0.15) is 20.3 Å². The van der Waals surface area contributed by atoms with Gasteiger partial charge < -0.3 is 19.3 Å². The molecule has 0 radical (unpaired) electrons. The number of epoxide rings is 2. The molecule has 0 aromatic rings. The highest BCUT2D eigenvalue weighted by Crippen LogP contribution is 2.18. The summed E-state index contributed by atoms with van der Waals surface area (Å²) in [6, 6.07) is 0. The van der Waals surface area contributed by atoms with Crippen LogP contribution in [0.25, 0.3) is 0 Å². The maximum atomic E-state index is 10.7. The van der Waals surface area contributed by atoms with E-state index in [1.165, 1.54) is 0 Å². The Kier molecular flexibility index (Phi) is 6.41. The van der Waals surface area contributed by atoms with Crippen LogP contribution in [-0.4, -0.2) is 49.1 Å². The lowest BCUT2D eigenvalue weighted by Gasteiger charge is -1.99. The van der Waals surface area contributed by atoms with Crippen LogP contribution >= 0.6 is 0 Å². The molecule has 2 saturated heterocycles. The van der Waals surface area contributed by atoms with E-state index in [1.807, 2.05) is 0 Å². The van der Waals surface area contributed by atoms with Gasteiger partial charge >= 0.3 is 11.9 Å². The van der Waals surface area contributed by atoms with Gasteiger partial charge in [-0.05, 0) is 13.8 Å². The lowest BCUT2D eigenvalue weighted by Crippen LogP contribution is -2.09. The lowest BCUT2D eigenvalue weighted by molar-refractivity contribution is -0.139. The number of aliphatic carboxylic acids is 1. The molecule has 2 atom stereocenters. The molecule has 2 unspecified atom stereocenters. The standard InChI is InChI=1S/2C7H10O3/c1-5(2)7(8)10-4-6-3-9-6;1-2-5(7(8)9)3-6-4-10-6/h6H,1,3-4H2,2H3;2,6H,3-4H2,1H3,(H,8,9). The van der Waals surface area contributed by atoms with E-state index in [4.69, 9.17) is 19.3 Å². The number of ether oxygens (including phenoxy) is 3. The first-order valence-electron chi connectivity index (χ1n) is 6.38. The molecule has 6 nitrogen and oxygen atoms in total. The summed E-state index contributed by atoms with van der Waals surface area (Å²) in [6.07, 6.45) is 2.47. The molecule has 2 aliphatic heterocycles. The SMILES string of the molecule is C=C(C)C(=O)OCC1CO1.CC=C(CC1CO1)C(=O)O. The normalized spacial score (nSPS) is 23.2. The molecule has 0 saturated carbocycles. The fraction of sp³-hybridized carbons (Fsp3) is 0.571. The molecule has 0 aromatic carbocycles. The van der Waals surface area contributed by atoms with E-state index in [9.17, 15) is 9.59 Å². The van der Waals surface area contributed by atoms with Gasteiger partial charge in [0, 0.05) is 17.6 Å². The number of allylic oxidation sites excluding steroid dienone is 1. The zero-order valence-electron chi connectivity index (χ0n) is 11.8. The third-order valence-electron chi connectivity index (χ3n) is 2.62. The summed E-state index contributed by atoms with van der Waals surface area (Å²) in [5.74, 6) is -1.17. The van der Waals surface area contributed by atoms with Gasteiger partial charge in [-0.25, -0.2) is 9.59 Å². The monoisotopic (exact) mass is 284 g/mol. The Balaban J connectivity index is 0.000000200. The van der Waals surface area contributed by atoms with E-state index in [0.717, 1.165) is 0 Å². The zero-order chi connectivity index (χ0) is 15.1. The van der Waals surface area contributed by atoms with Crippen molar-refractivity contribution in [3.05, 3.63) is 23.8 Å². The molecular weight excluding hydrogens is 264 g/mol. The second-order valence-corrected chi connectivity index (χ2v) is 4.61. The van der Waals surface area contributed by atoms with Crippen LogP contribution in [0.15, 0.2) is 23.8 Å². The maximum Gasteiger partial charge on any atom is 0.333 e. The summed E-state index contributed by atoms with van der Waals surface area (Å²) in [5.41, 5.74) is 0.878. The number of rotatable bonds is 6. The number of hydrogen-bond donors (Lipinski definition) is 1. The summed E-state index contributed by atoms with van der Waals surface area (Å²) >= 11 is 0. The molecule has 2 aliphatic rings. The van der Waals surface area contributed by atoms with Crippen LogP contribution in [0.5, 0.6) is 0 Å². The van der Waals surface area contributed by atoms with Crippen molar-refractivity contribution in [1.82, 2.24) is 0 Å². The van der Waals surface area contributed by atoms with Crippen LogP contribution in [0, 0.1) is 0 Å². The van der Waals surface area contributed by atoms with Crippen molar-refractivity contribution in [1.29, 1.82) is 0 Å². The first-order chi connectivity index (χ1) is 9.43. The smallest absolute Gasteiger partial charge is 0.333 e. The quantitative estimate of drug-likeness (QED) is 0.449. The van der Waals surface area contributed by atoms with Crippen LogP contribution in [0.4, 0.5) is 0 Å². The Morgan fingerprint density at radius 1 is 1.35 bits per heavy atom. The van der Waals surface area contributed by atoms with E-state index in [0.29, 0.717) is 37.4 Å². The molecule has 112 valence electrons. The van der Waals surface area contributed by atoms with Crippen LogP contribution < -0.4 is 0 Å². The fourth-order valence-corrected chi connectivity index (χ4v) is 1.22. The Morgan fingerprint density at radius 3 is 2.25 bits per heavy atom. The summed E-state index contributed by atoms with van der Waals surface area (Å²) in [5, 5.41) is 8.53. The minimum Gasteiger partial charge on any atom is -0.478 e. The number of carbonyl (C=O) groups excluding carboxylic acids is 1. The maximum absolute atomic E-state index is 10.7. The van der Waals surface area contributed by atoms with Crippen molar-refractivity contribution in [3.63, 3.8) is 0 Å². The van der Waals surface area contributed by atoms with Gasteiger partial charge in [0.15, 0.2) is 0 Å². The Labute approximate surface area is 118 Å². The molecular formula is C14H20O6. The van der Waals surface area contributed by atoms with Gasteiger partial charge in [0.05, 0.1) is 19.3 Å². The molecule has 20 heavy (non-hydrogen) atoms. The second-order valence-electron chi connectivity index (χ2n) is 4.61. The minimum atomic E-state index is -0.835. The molecule has 0 aliphatic carbocycles. The summed E-state index contributed by atoms with van der Waals surface area (Å²) in [6.45, 7) is 8.58. The highest BCUT2D eigenvalue weighted by Gasteiger charge is 2.25. The number of hydrogen-bond acceptors (Lipinski definition) is 5. The Hall–Kier alpha value is -1.66. The fourth-order valence-electron chi connectivity index (χ4n) is 1.22. The average molecular weight is 284 g/mol. The first kappa shape index (κ1) is 16.4. The molecule has 2 fully saturated rings. The predicted octanol–water partition coefficient (Wildman–Crippen LogP) is 1.31. The van der Waals surface area contributed by atoms with Gasteiger partial charge in [0.1, 0.15) is 12.7 Å². The topological polar surface area (TPSA) is 88.7 Å². The number of carboxylic acid groups (broad SMARTS) is 1. The van der Waals surface area contributed by atoms with E-state index in [2.05, 4.69) is 6.58 Å². The van der Waals surface area contributed by atoms with E-state index >= 15 is 0 Å². The molecule has 0 aromatic heterocycles. The summed E-state index contributed by atoms with van der Waals surface area (Å²) < 4.78 is 14.5. The molecule has 1 N–H and O–H groups in total. The highest BCUT2D eigenvalue weighted by atomic mass is 16.6. The molecule has 2 heterocycles. The van der Waals surface area contributed by atoms with Crippen molar-refractivity contribution in [3.8, 4) is 0 Å². The Morgan fingerprint density at radius 2 is 1.90 bits per heavy atom. The highest BCUT2D eigenvalue weighted by molar-refractivity contribution is 5.87. The minimum absolute atomic E-state index is 0.142. The van der Waals surface area contributed by atoms with E-state index in [-0.39, 0.29) is 18.2 Å². The van der Waals surface area contributed by atoms with Gasteiger partial charge in [-0.1, -0.05) is 12.7 Å². The van der Waals surface area contributed by atoms with Crippen LogP contribution in [0.2, 0.25) is 0 Å². The van der Waals surface area contributed by atoms with Gasteiger partial charge in [-0.2, -0.15) is 0 Å². The Bertz CT molecular complexity index is 404. The average Bonchev–Trinajstić information content (AvgIpc) is 3.27. The number of carbonyl (C=O) groups is 2. The van der Waals surface area contributed by atoms with Gasteiger partial charge in [-0.15, -0.1) is 0 Å².